The van der Waals surface area contributed by atoms with E-state index in [1.54, 1.807) is 0 Å². The lowest BCUT2D eigenvalue weighted by molar-refractivity contribution is -0.140. The van der Waals surface area contributed by atoms with E-state index in [-0.39, 0.29) is 11.4 Å². The molecule has 0 aromatic carbocycles. The summed E-state index contributed by atoms with van der Waals surface area (Å²) in [7, 11) is 1.39. The smallest absolute Gasteiger partial charge is 0.420 e. The second kappa shape index (κ2) is 4.52. The van der Waals surface area contributed by atoms with Crippen LogP contribution in [0.15, 0.2) is 18.3 Å². The van der Waals surface area contributed by atoms with Crippen molar-refractivity contribution >= 4 is 11.5 Å². The molecule has 0 N–H and O–H groups in total. The maximum atomic E-state index is 13.0. The fourth-order valence-corrected chi connectivity index (χ4v) is 1.96. The van der Waals surface area contributed by atoms with Crippen LogP contribution in [0.4, 0.5) is 17.6 Å². The molecule has 0 radical (unpaired) electrons. The predicted octanol–water partition coefficient (Wildman–Crippen LogP) is 3.37. The van der Waals surface area contributed by atoms with Crippen molar-refractivity contribution in [3.05, 3.63) is 29.8 Å². The Kier molecular flexibility index (Phi) is 3.20. The van der Waals surface area contributed by atoms with Crippen molar-refractivity contribution in [3.63, 3.8) is 0 Å². The van der Waals surface area contributed by atoms with Gasteiger partial charge in [-0.1, -0.05) is 0 Å². The number of hydrogen-bond acceptors (Lipinski definition) is 4. The van der Waals surface area contributed by atoms with E-state index in [4.69, 9.17) is 4.74 Å². The van der Waals surface area contributed by atoms with Crippen molar-refractivity contribution in [3.8, 4) is 16.3 Å². The van der Waals surface area contributed by atoms with E-state index in [9.17, 15) is 17.6 Å². The summed E-state index contributed by atoms with van der Waals surface area (Å²) in [5.74, 6) is -1.25. The second-order valence-electron chi connectivity index (χ2n) is 3.29. The number of ether oxygens (including phenoxy) is 1. The maximum absolute atomic E-state index is 13.0. The molecular weight excluding hydrogens is 272 g/mol. The zero-order valence-electron chi connectivity index (χ0n) is 8.95. The Balaban J connectivity index is 2.47. The number of alkyl halides is 3. The maximum Gasteiger partial charge on any atom is 0.420 e. The largest absolute Gasteiger partial charge is 0.480 e. The first-order chi connectivity index (χ1) is 8.41. The molecule has 2 rings (SSSR count). The van der Waals surface area contributed by atoms with Crippen LogP contribution in [-0.4, -0.2) is 16.5 Å². The number of hydrogen-bond donors (Lipinski definition) is 0. The third kappa shape index (κ3) is 2.42. The average molecular weight is 278 g/mol. The molecule has 0 saturated heterocycles. The lowest BCUT2D eigenvalue weighted by atomic mass is 10.1. The highest BCUT2D eigenvalue weighted by Crippen LogP contribution is 2.35. The molecule has 0 bridgehead atoms. The van der Waals surface area contributed by atoms with Crippen LogP contribution in [-0.2, 0) is 6.18 Å². The topological polar surface area (TPSA) is 35.0 Å². The van der Waals surface area contributed by atoms with Gasteiger partial charge in [0.2, 0.25) is 11.8 Å². The van der Waals surface area contributed by atoms with Gasteiger partial charge in [-0.05, 0) is 17.6 Å². The zero-order valence-corrected chi connectivity index (χ0v) is 9.77. The molecule has 2 heterocycles. The number of nitrogens with zero attached hydrogens (tertiary/aromatic N) is 2. The van der Waals surface area contributed by atoms with Crippen LogP contribution < -0.4 is 4.74 Å². The van der Waals surface area contributed by atoms with Crippen molar-refractivity contribution in [1.29, 1.82) is 0 Å². The van der Waals surface area contributed by atoms with Gasteiger partial charge in [-0.15, -0.1) is 0 Å². The van der Waals surface area contributed by atoms with Crippen LogP contribution in [0.5, 0.6) is 5.88 Å². The van der Waals surface area contributed by atoms with E-state index in [1.165, 1.54) is 13.2 Å². The fourth-order valence-electron chi connectivity index (χ4n) is 1.27. The van der Waals surface area contributed by atoms with E-state index in [0.29, 0.717) is 10.9 Å². The standard InChI is InChI=1S/C10H6F4N2OS/c1-17-8-3-7(18-16-8)5-2-6(10(12,13)14)9(11)15-4-5/h2-4H,1H3. The summed E-state index contributed by atoms with van der Waals surface area (Å²) < 4.78 is 59.1. The van der Waals surface area contributed by atoms with E-state index >= 15 is 0 Å². The van der Waals surface area contributed by atoms with Gasteiger partial charge in [-0.3, -0.25) is 0 Å². The number of aromatic nitrogens is 2. The van der Waals surface area contributed by atoms with Gasteiger partial charge in [0.25, 0.3) is 0 Å². The van der Waals surface area contributed by atoms with Crippen LogP contribution in [0.2, 0.25) is 0 Å². The van der Waals surface area contributed by atoms with E-state index in [0.717, 1.165) is 17.7 Å². The van der Waals surface area contributed by atoms with Gasteiger partial charge in [0.15, 0.2) is 0 Å². The van der Waals surface area contributed by atoms with Crippen molar-refractivity contribution in [2.24, 2.45) is 0 Å². The SMILES string of the molecule is COc1cc(-c2cnc(F)c(C(F)(F)F)c2)sn1. The molecule has 0 atom stereocenters. The van der Waals surface area contributed by atoms with Crippen LogP contribution >= 0.6 is 11.5 Å². The molecule has 0 unspecified atom stereocenters. The average Bonchev–Trinajstić information content (AvgIpc) is 2.76. The summed E-state index contributed by atoms with van der Waals surface area (Å²) >= 11 is 0.948. The molecule has 0 saturated carbocycles. The van der Waals surface area contributed by atoms with Crippen LogP contribution in [0.25, 0.3) is 10.4 Å². The fraction of sp³-hybridized carbons (Fsp3) is 0.200. The number of pyridine rings is 1. The van der Waals surface area contributed by atoms with E-state index in [1.807, 2.05) is 0 Å². The highest BCUT2D eigenvalue weighted by atomic mass is 32.1. The van der Waals surface area contributed by atoms with Crippen LogP contribution in [0.3, 0.4) is 0 Å². The summed E-state index contributed by atoms with van der Waals surface area (Å²) in [6.07, 6.45) is -3.75. The number of methoxy groups -OCH3 is 1. The van der Waals surface area contributed by atoms with Crippen molar-refractivity contribution < 1.29 is 22.3 Å². The molecule has 0 aliphatic rings. The molecule has 8 heteroatoms. The van der Waals surface area contributed by atoms with Gasteiger partial charge in [0.05, 0.1) is 12.0 Å². The quantitative estimate of drug-likeness (QED) is 0.624. The molecule has 0 spiro atoms. The third-order valence-electron chi connectivity index (χ3n) is 2.13. The van der Waals surface area contributed by atoms with Gasteiger partial charge >= 0.3 is 6.18 Å². The first-order valence-corrected chi connectivity index (χ1v) is 5.43. The zero-order chi connectivity index (χ0) is 13.3. The lowest BCUT2D eigenvalue weighted by Gasteiger charge is -2.08. The molecule has 2 aromatic rings. The Labute approximate surface area is 103 Å². The lowest BCUT2D eigenvalue weighted by Crippen LogP contribution is -2.09. The number of halogens is 4. The Hall–Kier alpha value is -1.70. The third-order valence-corrected chi connectivity index (χ3v) is 2.95. The minimum absolute atomic E-state index is 0.143. The summed E-state index contributed by atoms with van der Waals surface area (Å²) in [6, 6.07) is 2.16. The summed E-state index contributed by atoms with van der Waals surface area (Å²) in [6.45, 7) is 0. The number of rotatable bonds is 2. The molecule has 0 fully saturated rings. The molecule has 0 aliphatic heterocycles. The Bertz CT molecular complexity index is 567. The van der Waals surface area contributed by atoms with Crippen molar-refractivity contribution in [2.45, 2.75) is 6.18 Å². The monoisotopic (exact) mass is 278 g/mol. The minimum atomic E-state index is -4.78. The summed E-state index contributed by atoms with van der Waals surface area (Å²) in [4.78, 5) is 3.53. The van der Waals surface area contributed by atoms with Crippen molar-refractivity contribution in [1.82, 2.24) is 9.36 Å². The van der Waals surface area contributed by atoms with Gasteiger partial charge in [-0.2, -0.15) is 21.9 Å². The van der Waals surface area contributed by atoms with Crippen LogP contribution in [0, 0.1) is 5.95 Å². The van der Waals surface area contributed by atoms with Gasteiger partial charge in [0.1, 0.15) is 5.56 Å². The van der Waals surface area contributed by atoms with Crippen molar-refractivity contribution in [2.75, 3.05) is 7.11 Å². The van der Waals surface area contributed by atoms with Crippen LogP contribution in [0.1, 0.15) is 5.56 Å². The van der Waals surface area contributed by atoms with Gasteiger partial charge < -0.3 is 4.74 Å². The highest BCUT2D eigenvalue weighted by Gasteiger charge is 2.35. The molecular formula is C10H6F4N2OS. The molecule has 3 nitrogen and oxygen atoms in total. The molecule has 96 valence electrons. The highest BCUT2D eigenvalue weighted by molar-refractivity contribution is 7.09. The Morgan fingerprint density at radius 1 is 1.28 bits per heavy atom. The first kappa shape index (κ1) is 12.7. The predicted molar refractivity (Wildman–Crippen MR) is 56.9 cm³/mol. The molecule has 0 aliphatic carbocycles. The van der Waals surface area contributed by atoms with Gasteiger partial charge in [0, 0.05) is 17.8 Å². The molecule has 0 amide bonds. The molecule has 2 aromatic heterocycles. The van der Waals surface area contributed by atoms with E-state index < -0.39 is 17.7 Å². The Morgan fingerprint density at radius 3 is 2.56 bits per heavy atom. The summed E-state index contributed by atoms with van der Waals surface area (Å²) in [5.41, 5.74) is -1.25. The summed E-state index contributed by atoms with van der Waals surface area (Å²) in [5, 5.41) is 0. The molecule has 18 heavy (non-hydrogen) atoms. The Morgan fingerprint density at radius 2 is 2.00 bits per heavy atom. The second-order valence-corrected chi connectivity index (χ2v) is 4.10. The normalized spacial score (nSPS) is 11.6. The van der Waals surface area contributed by atoms with Gasteiger partial charge in [-0.25, -0.2) is 4.98 Å². The minimum Gasteiger partial charge on any atom is -0.480 e. The first-order valence-electron chi connectivity index (χ1n) is 4.65. The van der Waals surface area contributed by atoms with E-state index in [2.05, 4.69) is 9.36 Å².